The minimum absolute atomic E-state index is 0.0700. The molecule has 2 aromatic rings. The second-order valence-corrected chi connectivity index (χ2v) is 6.05. The molecule has 1 unspecified atom stereocenters. The monoisotopic (exact) mass is 340 g/mol. The molecule has 0 saturated heterocycles. The topological polar surface area (TPSA) is 50.8 Å². The predicted molar refractivity (Wildman–Crippen MR) is 97.0 cm³/mol. The van der Waals surface area contributed by atoms with Gasteiger partial charge in [0.05, 0.1) is 19.8 Å². The number of urea groups is 1. The number of fused-ring (bicyclic) bond motifs is 1. The summed E-state index contributed by atoms with van der Waals surface area (Å²) in [6, 6.07) is 16.1. The number of nitrogens with zero attached hydrogens (tertiary/aromatic N) is 1. The van der Waals surface area contributed by atoms with Crippen molar-refractivity contribution in [2.45, 2.75) is 12.5 Å². The Bertz CT molecular complexity index is 718. The zero-order valence-corrected chi connectivity index (χ0v) is 14.7. The van der Waals surface area contributed by atoms with E-state index in [9.17, 15) is 4.79 Å². The molecule has 0 saturated carbocycles. The third-order valence-corrected chi connectivity index (χ3v) is 4.54. The normalized spacial score (nSPS) is 16.2. The maximum absolute atomic E-state index is 12.7. The number of hydrogen-bond acceptors (Lipinski definition) is 3. The number of nitrogens with one attached hydrogen (secondary N) is 1. The number of ether oxygens (including phenoxy) is 2. The quantitative estimate of drug-likeness (QED) is 0.851. The van der Waals surface area contributed by atoms with Crippen LogP contribution >= 0.6 is 0 Å². The molecule has 1 aliphatic rings. The van der Waals surface area contributed by atoms with Crippen LogP contribution < -0.4 is 10.1 Å². The molecule has 2 aromatic carbocycles. The van der Waals surface area contributed by atoms with Crippen molar-refractivity contribution in [2.75, 3.05) is 33.9 Å². The predicted octanol–water partition coefficient (Wildman–Crippen LogP) is 3.00. The second kappa shape index (κ2) is 8.03. The minimum Gasteiger partial charge on any atom is -0.497 e. The van der Waals surface area contributed by atoms with E-state index in [2.05, 4.69) is 23.5 Å². The van der Waals surface area contributed by atoms with Crippen LogP contribution in [-0.4, -0.2) is 44.8 Å². The molecular formula is C20H24N2O3. The van der Waals surface area contributed by atoms with E-state index >= 15 is 0 Å². The fourth-order valence-corrected chi connectivity index (χ4v) is 3.30. The molecule has 0 fully saturated rings. The Morgan fingerprint density at radius 1 is 1.20 bits per heavy atom. The first-order valence-electron chi connectivity index (χ1n) is 8.49. The van der Waals surface area contributed by atoms with Crippen LogP contribution in [0.3, 0.4) is 0 Å². The van der Waals surface area contributed by atoms with Gasteiger partial charge in [-0.1, -0.05) is 36.4 Å². The van der Waals surface area contributed by atoms with E-state index in [1.807, 2.05) is 35.2 Å². The summed E-state index contributed by atoms with van der Waals surface area (Å²) >= 11 is 0. The number of amides is 2. The maximum Gasteiger partial charge on any atom is 0.318 e. The first-order chi connectivity index (χ1) is 12.2. The van der Waals surface area contributed by atoms with Gasteiger partial charge in [0.1, 0.15) is 5.75 Å². The Morgan fingerprint density at radius 3 is 2.72 bits per heavy atom. The largest absolute Gasteiger partial charge is 0.497 e. The molecule has 0 spiro atoms. The Morgan fingerprint density at radius 2 is 2.00 bits per heavy atom. The average molecular weight is 340 g/mol. The Labute approximate surface area is 148 Å². The lowest BCUT2D eigenvalue weighted by molar-refractivity contribution is 0.168. The summed E-state index contributed by atoms with van der Waals surface area (Å²) in [6.45, 7) is 1.68. The minimum atomic E-state index is -0.123. The Kier molecular flexibility index (Phi) is 5.56. The Balaban J connectivity index is 1.96. The van der Waals surface area contributed by atoms with Gasteiger partial charge < -0.3 is 19.7 Å². The van der Waals surface area contributed by atoms with Gasteiger partial charge in [-0.25, -0.2) is 4.79 Å². The molecule has 0 aromatic heterocycles. The lowest BCUT2D eigenvalue weighted by Crippen LogP contribution is -2.46. The second-order valence-electron chi connectivity index (χ2n) is 6.05. The number of hydrogen-bond donors (Lipinski definition) is 1. The summed E-state index contributed by atoms with van der Waals surface area (Å²) < 4.78 is 10.4. The number of rotatable bonds is 5. The summed E-state index contributed by atoms with van der Waals surface area (Å²) in [5.41, 5.74) is 3.48. The van der Waals surface area contributed by atoms with Gasteiger partial charge in [-0.05, 0) is 35.2 Å². The zero-order valence-electron chi connectivity index (χ0n) is 14.7. The van der Waals surface area contributed by atoms with Crippen molar-refractivity contribution in [3.63, 3.8) is 0 Å². The first kappa shape index (κ1) is 17.3. The van der Waals surface area contributed by atoms with Gasteiger partial charge in [0.25, 0.3) is 0 Å². The number of methoxy groups -OCH3 is 2. The molecular weight excluding hydrogens is 316 g/mol. The van der Waals surface area contributed by atoms with E-state index in [-0.39, 0.29) is 12.1 Å². The highest BCUT2D eigenvalue weighted by atomic mass is 16.5. The van der Waals surface area contributed by atoms with Crippen molar-refractivity contribution in [3.05, 3.63) is 65.2 Å². The van der Waals surface area contributed by atoms with Crippen molar-refractivity contribution in [3.8, 4) is 5.75 Å². The maximum atomic E-state index is 12.7. The van der Waals surface area contributed by atoms with Crippen molar-refractivity contribution < 1.29 is 14.3 Å². The molecule has 5 heteroatoms. The lowest BCUT2D eigenvalue weighted by Gasteiger charge is -2.38. The van der Waals surface area contributed by atoms with Gasteiger partial charge in [-0.15, -0.1) is 0 Å². The zero-order chi connectivity index (χ0) is 17.6. The van der Waals surface area contributed by atoms with Gasteiger partial charge in [0, 0.05) is 20.2 Å². The van der Waals surface area contributed by atoms with Crippen LogP contribution in [0.1, 0.15) is 22.7 Å². The van der Waals surface area contributed by atoms with E-state index in [0.717, 1.165) is 23.3 Å². The summed E-state index contributed by atoms with van der Waals surface area (Å²) in [6.07, 6.45) is 0.834. The lowest BCUT2D eigenvalue weighted by atomic mass is 9.88. The summed E-state index contributed by atoms with van der Waals surface area (Å²) in [5, 5.41) is 2.94. The standard InChI is InChI=1S/C20H24N2O3/c1-24-13-11-21-20(23)22-12-10-15-8-9-17(25-2)14-18(15)19(22)16-6-4-3-5-7-16/h3-9,14,19H,10-13H2,1-2H3,(H,21,23). The molecule has 1 N–H and O–H groups in total. The van der Waals surface area contributed by atoms with E-state index in [0.29, 0.717) is 19.7 Å². The van der Waals surface area contributed by atoms with Crippen LogP contribution in [0.5, 0.6) is 5.75 Å². The highest BCUT2D eigenvalue weighted by molar-refractivity contribution is 5.76. The van der Waals surface area contributed by atoms with E-state index in [4.69, 9.17) is 9.47 Å². The molecule has 1 aliphatic heterocycles. The molecule has 1 heterocycles. The summed E-state index contributed by atoms with van der Waals surface area (Å²) in [7, 11) is 3.29. The SMILES string of the molecule is COCCNC(=O)N1CCc2ccc(OC)cc2C1c1ccccc1. The molecule has 25 heavy (non-hydrogen) atoms. The molecule has 2 amide bonds. The van der Waals surface area contributed by atoms with Crippen LogP contribution in [0.15, 0.2) is 48.5 Å². The summed E-state index contributed by atoms with van der Waals surface area (Å²) in [4.78, 5) is 14.6. The highest BCUT2D eigenvalue weighted by Gasteiger charge is 2.32. The van der Waals surface area contributed by atoms with Gasteiger partial charge in [0.15, 0.2) is 0 Å². The molecule has 3 rings (SSSR count). The van der Waals surface area contributed by atoms with Crippen LogP contribution in [-0.2, 0) is 11.2 Å². The first-order valence-corrected chi connectivity index (χ1v) is 8.49. The van der Waals surface area contributed by atoms with Crippen LogP contribution in [0, 0.1) is 0 Å². The van der Waals surface area contributed by atoms with E-state index in [1.165, 1.54) is 5.56 Å². The van der Waals surface area contributed by atoms with Crippen LogP contribution in [0.4, 0.5) is 4.79 Å². The molecule has 0 bridgehead atoms. The molecule has 0 radical (unpaired) electrons. The fraction of sp³-hybridized carbons (Fsp3) is 0.350. The number of carbonyl (C=O) groups excluding carboxylic acids is 1. The van der Waals surface area contributed by atoms with E-state index < -0.39 is 0 Å². The van der Waals surface area contributed by atoms with Gasteiger partial charge in [-0.3, -0.25) is 0 Å². The van der Waals surface area contributed by atoms with Crippen molar-refractivity contribution >= 4 is 6.03 Å². The van der Waals surface area contributed by atoms with Gasteiger partial charge >= 0.3 is 6.03 Å². The highest BCUT2D eigenvalue weighted by Crippen LogP contribution is 2.37. The van der Waals surface area contributed by atoms with Crippen LogP contribution in [0.2, 0.25) is 0 Å². The Hall–Kier alpha value is -2.53. The molecule has 5 nitrogen and oxygen atoms in total. The fourth-order valence-electron chi connectivity index (χ4n) is 3.30. The van der Waals surface area contributed by atoms with Gasteiger partial charge in [0.2, 0.25) is 0 Å². The molecule has 1 atom stereocenters. The smallest absolute Gasteiger partial charge is 0.318 e. The van der Waals surface area contributed by atoms with Crippen molar-refractivity contribution in [2.24, 2.45) is 0 Å². The van der Waals surface area contributed by atoms with E-state index in [1.54, 1.807) is 14.2 Å². The number of carbonyl (C=O) groups is 1. The third-order valence-electron chi connectivity index (χ3n) is 4.54. The summed E-state index contributed by atoms with van der Waals surface area (Å²) in [5.74, 6) is 0.807. The number of benzene rings is 2. The van der Waals surface area contributed by atoms with Gasteiger partial charge in [-0.2, -0.15) is 0 Å². The van der Waals surface area contributed by atoms with Crippen molar-refractivity contribution in [1.82, 2.24) is 10.2 Å². The molecule has 0 aliphatic carbocycles. The van der Waals surface area contributed by atoms with Crippen LogP contribution in [0.25, 0.3) is 0 Å². The third kappa shape index (κ3) is 3.77. The average Bonchev–Trinajstić information content (AvgIpc) is 2.67. The molecule has 132 valence electrons. The van der Waals surface area contributed by atoms with Crippen molar-refractivity contribution in [1.29, 1.82) is 0 Å².